The largest absolute Gasteiger partial charge is 0.323 e. The molecule has 1 aromatic carbocycles. The molecule has 2 rings (SSSR count). The van der Waals surface area contributed by atoms with Gasteiger partial charge in [-0.1, -0.05) is 17.7 Å². The van der Waals surface area contributed by atoms with Crippen molar-refractivity contribution in [1.82, 2.24) is 10.2 Å². The Morgan fingerprint density at radius 1 is 1.11 bits per heavy atom. The molecule has 0 fully saturated rings. The number of H-pyrrole nitrogens is 1. The van der Waals surface area contributed by atoms with Crippen LogP contribution in [0.3, 0.4) is 0 Å². The van der Waals surface area contributed by atoms with E-state index >= 15 is 0 Å². The van der Waals surface area contributed by atoms with Crippen LogP contribution in [0.15, 0.2) is 24.3 Å². The summed E-state index contributed by atoms with van der Waals surface area (Å²) in [5.74, 6) is 0. The van der Waals surface area contributed by atoms with Crippen molar-refractivity contribution in [2.24, 2.45) is 0 Å². The lowest BCUT2D eigenvalue weighted by Crippen LogP contribution is -2.20. The molecule has 0 saturated heterocycles. The Labute approximate surface area is 106 Å². The number of anilines is 2. The Balaban J connectivity index is 2.03. The molecule has 0 spiro atoms. The number of benzene rings is 1. The van der Waals surface area contributed by atoms with Gasteiger partial charge < -0.3 is 10.6 Å². The molecular formula is C13H16N4O. The number of carbonyl (C=O) groups is 1. The van der Waals surface area contributed by atoms with Crippen LogP contribution in [-0.4, -0.2) is 16.2 Å². The predicted octanol–water partition coefficient (Wildman–Crippen LogP) is 2.98. The first kappa shape index (κ1) is 12.2. The Morgan fingerprint density at radius 3 is 2.33 bits per heavy atom. The molecule has 1 heterocycles. The normalized spacial score (nSPS) is 10.2. The van der Waals surface area contributed by atoms with Gasteiger partial charge in [-0.3, -0.25) is 5.10 Å². The molecule has 0 saturated carbocycles. The van der Waals surface area contributed by atoms with Gasteiger partial charge in [-0.25, -0.2) is 4.79 Å². The number of rotatable bonds is 2. The first-order valence-corrected chi connectivity index (χ1v) is 5.72. The zero-order chi connectivity index (χ0) is 13.1. The van der Waals surface area contributed by atoms with Crippen molar-refractivity contribution in [2.75, 3.05) is 10.6 Å². The van der Waals surface area contributed by atoms with Crippen LogP contribution in [-0.2, 0) is 0 Å². The van der Waals surface area contributed by atoms with Crippen LogP contribution in [0, 0.1) is 20.8 Å². The highest BCUT2D eigenvalue weighted by Crippen LogP contribution is 2.16. The standard InChI is InChI=1S/C13H16N4O/c1-8-4-6-11(7-5-8)14-13(18)15-12-9(2)16-17-10(12)3/h4-7H,1-3H3,(H,16,17)(H2,14,15,18). The molecule has 5 nitrogen and oxygen atoms in total. The third-order valence-corrected chi connectivity index (χ3v) is 2.68. The number of hydrogen-bond acceptors (Lipinski definition) is 2. The van der Waals surface area contributed by atoms with E-state index < -0.39 is 0 Å². The summed E-state index contributed by atoms with van der Waals surface area (Å²) in [5.41, 5.74) is 4.25. The number of aromatic amines is 1. The summed E-state index contributed by atoms with van der Waals surface area (Å²) in [6.45, 7) is 5.70. The van der Waals surface area contributed by atoms with Crippen molar-refractivity contribution in [3.8, 4) is 0 Å². The highest BCUT2D eigenvalue weighted by molar-refractivity contribution is 6.00. The molecule has 5 heteroatoms. The van der Waals surface area contributed by atoms with E-state index in [9.17, 15) is 4.79 Å². The Morgan fingerprint density at radius 2 is 1.78 bits per heavy atom. The molecule has 0 atom stereocenters. The molecule has 0 aliphatic rings. The van der Waals surface area contributed by atoms with E-state index in [-0.39, 0.29) is 6.03 Å². The van der Waals surface area contributed by atoms with Crippen LogP contribution in [0.5, 0.6) is 0 Å². The van der Waals surface area contributed by atoms with E-state index in [1.165, 1.54) is 0 Å². The molecule has 94 valence electrons. The lowest BCUT2D eigenvalue weighted by molar-refractivity contribution is 0.262. The number of aromatic nitrogens is 2. The Bertz CT molecular complexity index is 537. The minimum absolute atomic E-state index is 0.272. The van der Waals surface area contributed by atoms with Crippen molar-refractivity contribution in [3.05, 3.63) is 41.2 Å². The summed E-state index contributed by atoms with van der Waals surface area (Å²) < 4.78 is 0. The summed E-state index contributed by atoms with van der Waals surface area (Å²) >= 11 is 0. The van der Waals surface area contributed by atoms with Crippen LogP contribution in [0.4, 0.5) is 16.2 Å². The van der Waals surface area contributed by atoms with Gasteiger partial charge in [0, 0.05) is 5.69 Å². The van der Waals surface area contributed by atoms with E-state index in [1.807, 2.05) is 45.0 Å². The van der Waals surface area contributed by atoms with E-state index in [0.717, 1.165) is 28.3 Å². The fraction of sp³-hybridized carbons (Fsp3) is 0.231. The smallest absolute Gasteiger partial charge is 0.308 e. The molecule has 3 N–H and O–H groups in total. The third-order valence-electron chi connectivity index (χ3n) is 2.68. The highest BCUT2D eigenvalue weighted by Gasteiger charge is 2.09. The van der Waals surface area contributed by atoms with Crippen LogP contribution >= 0.6 is 0 Å². The maximum atomic E-state index is 11.8. The van der Waals surface area contributed by atoms with Gasteiger partial charge in [-0.15, -0.1) is 0 Å². The second-order valence-electron chi connectivity index (χ2n) is 4.25. The fourth-order valence-corrected chi connectivity index (χ4v) is 1.65. The second-order valence-corrected chi connectivity index (χ2v) is 4.25. The van der Waals surface area contributed by atoms with Crippen LogP contribution in [0.2, 0.25) is 0 Å². The van der Waals surface area contributed by atoms with Crippen molar-refractivity contribution >= 4 is 17.4 Å². The Kier molecular flexibility index (Phi) is 3.32. The predicted molar refractivity (Wildman–Crippen MR) is 71.9 cm³/mol. The molecule has 2 amide bonds. The van der Waals surface area contributed by atoms with Gasteiger partial charge in [-0.2, -0.15) is 5.10 Å². The number of carbonyl (C=O) groups excluding carboxylic acids is 1. The number of aryl methyl sites for hydroxylation is 3. The maximum absolute atomic E-state index is 11.8. The van der Waals surface area contributed by atoms with E-state index in [0.29, 0.717) is 0 Å². The second kappa shape index (κ2) is 4.91. The van der Waals surface area contributed by atoms with Crippen LogP contribution < -0.4 is 10.6 Å². The number of amides is 2. The number of nitrogens with zero attached hydrogens (tertiary/aromatic N) is 1. The van der Waals surface area contributed by atoms with Crippen molar-refractivity contribution in [3.63, 3.8) is 0 Å². The SMILES string of the molecule is Cc1ccc(NC(=O)Nc2c(C)n[nH]c2C)cc1. The molecule has 0 unspecified atom stereocenters. The van der Waals surface area contributed by atoms with Gasteiger partial charge in [0.25, 0.3) is 0 Å². The molecular weight excluding hydrogens is 228 g/mol. The lowest BCUT2D eigenvalue weighted by atomic mass is 10.2. The van der Waals surface area contributed by atoms with Crippen LogP contribution in [0.25, 0.3) is 0 Å². The highest BCUT2D eigenvalue weighted by atomic mass is 16.2. The van der Waals surface area contributed by atoms with E-state index in [1.54, 1.807) is 0 Å². The lowest BCUT2D eigenvalue weighted by Gasteiger charge is -2.07. The molecule has 18 heavy (non-hydrogen) atoms. The number of urea groups is 1. The number of hydrogen-bond donors (Lipinski definition) is 3. The summed E-state index contributed by atoms with van der Waals surface area (Å²) in [6.07, 6.45) is 0. The summed E-state index contributed by atoms with van der Waals surface area (Å²) in [7, 11) is 0. The van der Waals surface area contributed by atoms with Gasteiger partial charge in [0.15, 0.2) is 0 Å². The number of nitrogens with one attached hydrogen (secondary N) is 3. The van der Waals surface area contributed by atoms with Crippen molar-refractivity contribution < 1.29 is 4.79 Å². The third kappa shape index (κ3) is 2.68. The van der Waals surface area contributed by atoms with E-state index in [2.05, 4.69) is 20.8 Å². The summed E-state index contributed by atoms with van der Waals surface area (Å²) in [4.78, 5) is 11.8. The van der Waals surface area contributed by atoms with Crippen LogP contribution in [0.1, 0.15) is 17.0 Å². The first-order valence-electron chi connectivity index (χ1n) is 5.72. The van der Waals surface area contributed by atoms with Crippen molar-refractivity contribution in [1.29, 1.82) is 0 Å². The molecule has 0 bridgehead atoms. The molecule has 0 radical (unpaired) electrons. The Hall–Kier alpha value is -2.30. The maximum Gasteiger partial charge on any atom is 0.323 e. The molecule has 1 aromatic heterocycles. The minimum Gasteiger partial charge on any atom is -0.308 e. The summed E-state index contributed by atoms with van der Waals surface area (Å²) in [5, 5.41) is 12.4. The molecule has 0 aliphatic carbocycles. The minimum atomic E-state index is -0.272. The summed E-state index contributed by atoms with van der Waals surface area (Å²) in [6, 6.07) is 7.36. The monoisotopic (exact) mass is 244 g/mol. The molecule has 2 aromatic rings. The zero-order valence-electron chi connectivity index (χ0n) is 10.7. The average Bonchev–Trinajstić information content (AvgIpc) is 2.64. The van der Waals surface area contributed by atoms with E-state index in [4.69, 9.17) is 0 Å². The zero-order valence-corrected chi connectivity index (χ0v) is 10.7. The first-order chi connectivity index (χ1) is 8.56. The quantitative estimate of drug-likeness (QED) is 0.760. The van der Waals surface area contributed by atoms with Gasteiger partial charge in [0.1, 0.15) is 0 Å². The van der Waals surface area contributed by atoms with Crippen molar-refractivity contribution in [2.45, 2.75) is 20.8 Å². The fourth-order valence-electron chi connectivity index (χ4n) is 1.65. The average molecular weight is 244 g/mol. The van der Waals surface area contributed by atoms with Gasteiger partial charge in [-0.05, 0) is 32.9 Å². The molecule has 0 aliphatic heterocycles. The topological polar surface area (TPSA) is 69.8 Å². The van der Waals surface area contributed by atoms with Gasteiger partial charge >= 0.3 is 6.03 Å². The van der Waals surface area contributed by atoms with Gasteiger partial charge in [0.2, 0.25) is 0 Å². The van der Waals surface area contributed by atoms with Gasteiger partial charge in [0.05, 0.1) is 17.1 Å².